The average Bonchev–Trinajstić information content (AvgIpc) is 3.38. The Morgan fingerprint density at radius 3 is 2.50 bits per heavy atom. The van der Waals surface area contributed by atoms with Crippen molar-refractivity contribution < 1.29 is 19.1 Å². The van der Waals surface area contributed by atoms with E-state index in [1.807, 2.05) is 36.4 Å². The number of carbonyl (C=O) groups is 2. The number of nitrogens with one attached hydrogen (secondary N) is 1. The van der Waals surface area contributed by atoms with Gasteiger partial charge in [-0.3, -0.25) is 14.7 Å². The van der Waals surface area contributed by atoms with Crippen LogP contribution in [0.3, 0.4) is 0 Å². The number of carbonyl (C=O) groups excluding carboxylic acids is 2. The minimum atomic E-state index is -0.608. The van der Waals surface area contributed by atoms with Gasteiger partial charge in [-0.2, -0.15) is 0 Å². The van der Waals surface area contributed by atoms with E-state index in [9.17, 15) is 9.59 Å². The predicted molar refractivity (Wildman–Crippen MR) is 125 cm³/mol. The number of terminal acetylenes is 1. The van der Waals surface area contributed by atoms with Crippen LogP contribution in [0.5, 0.6) is 17.2 Å². The van der Waals surface area contributed by atoms with Crippen LogP contribution in [0.1, 0.15) is 22.0 Å². The second kappa shape index (κ2) is 8.33. The molecule has 170 valence electrons. The summed E-state index contributed by atoms with van der Waals surface area (Å²) < 4.78 is 12.8. The Bertz CT molecular complexity index is 1440. The lowest BCUT2D eigenvalue weighted by atomic mass is 9.93. The lowest BCUT2D eigenvalue weighted by Crippen LogP contribution is -2.47. The Labute approximate surface area is 195 Å². The van der Waals surface area contributed by atoms with Gasteiger partial charge in [-0.25, -0.2) is 9.50 Å². The molecule has 1 aliphatic heterocycles. The molecule has 0 radical (unpaired) electrons. The highest BCUT2D eigenvalue weighted by atomic mass is 16.5. The highest BCUT2D eigenvalue weighted by Crippen LogP contribution is 2.35. The molecule has 3 heterocycles. The van der Waals surface area contributed by atoms with E-state index in [0.717, 1.165) is 5.56 Å². The molecule has 2 amide bonds. The summed E-state index contributed by atoms with van der Waals surface area (Å²) >= 11 is 0. The summed E-state index contributed by atoms with van der Waals surface area (Å²) in [6, 6.07) is 14.6. The molecule has 0 saturated carbocycles. The number of amides is 2. The first-order valence-electron chi connectivity index (χ1n) is 10.6. The van der Waals surface area contributed by atoms with Crippen LogP contribution in [-0.4, -0.2) is 51.5 Å². The molecule has 0 unspecified atom stereocenters. The zero-order valence-electron chi connectivity index (χ0n) is 18.3. The highest BCUT2D eigenvalue weighted by Gasteiger charge is 2.34. The maximum Gasteiger partial charge on any atom is 0.298 e. The van der Waals surface area contributed by atoms with Gasteiger partial charge >= 0.3 is 0 Å². The van der Waals surface area contributed by atoms with Crippen LogP contribution in [-0.2, 0) is 4.79 Å². The first-order valence-corrected chi connectivity index (χ1v) is 10.6. The van der Waals surface area contributed by atoms with Crippen LogP contribution in [0, 0.1) is 12.3 Å². The van der Waals surface area contributed by atoms with Crippen LogP contribution in [0.15, 0.2) is 54.7 Å². The van der Waals surface area contributed by atoms with E-state index in [4.69, 9.17) is 26.6 Å². The summed E-state index contributed by atoms with van der Waals surface area (Å²) in [6.45, 7) is 0.999. The monoisotopic (exact) mass is 455 g/mol. The van der Waals surface area contributed by atoms with Crippen molar-refractivity contribution in [2.75, 3.05) is 20.2 Å². The first-order chi connectivity index (χ1) is 16.5. The van der Waals surface area contributed by atoms with Gasteiger partial charge in [0.2, 0.25) is 0 Å². The van der Waals surface area contributed by atoms with Crippen molar-refractivity contribution in [2.45, 2.75) is 5.92 Å². The summed E-state index contributed by atoms with van der Waals surface area (Å²) in [7, 11) is 1.58. The number of ether oxygens (including phenoxy) is 2. The largest absolute Gasteiger partial charge is 0.493 e. The number of methoxy groups -OCH3 is 1. The molecule has 3 N–H and O–H groups in total. The number of fused-ring (bicyclic) bond motifs is 1. The van der Waals surface area contributed by atoms with Crippen LogP contribution < -0.4 is 15.2 Å². The number of H-pyrrole nitrogens is 1. The van der Waals surface area contributed by atoms with E-state index in [0.29, 0.717) is 47.2 Å². The number of para-hydroxylation sites is 2. The lowest BCUT2D eigenvalue weighted by molar-refractivity contribution is -0.129. The summed E-state index contributed by atoms with van der Waals surface area (Å²) in [5.74, 6) is 3.07. The number of aromatic nitrogens is 3. The molecule has 5 rings (SSSR count). The van der Waals surface area contributed by atoms with E-state index in [1.54, 1.807) is 34.9 Å². The number of imidazole rings is 1. The number of aromatic amines is 1. The van der Waals surface area contributed by atoms with E-state index < -0.39 is 5.91 Å². The third kappa shape index (κ3) is 3.51. The van der Waals surface area contributed by atoms with Gasteiger partial charge in [0, 0.05) is 36.3 Å². The van der Waals surface area contributed by atoms with E-state index in [1.165, 1.54) is 0 Å². The van der Waals surface area contributed by atoms with Gasteiger partial charge in [0.1, 0.15) is 11.4 Å². The van der Waals surface area contributed by atoms with E-state index >= 15 is 0 Å². The standard InChI is InChI=1S/C25H21N5O4/c1-3-21(31)29-13-16(14-29)18-12-27-30-23(24(26)32)22(28-25(18)30)15-8-10-17(11-9-15)34-20-7-5-4-6-19(20)33-2/h1,4-12,16,27H,13-14H2,2H3,(H2,26,32). The van der Waals surface area contributed by atoms with Crippen LogP contribution >= 0.6 is 0 Å². The van der Waals surface area contributed by atoms with Crippen molar-refractivity contribution in [1.29, 1.82) is 0 Å². The summed E-state index contributed by atoms with van der Waals surface area (Å²) in [5.41, 5.74) is 8.61. The molecule has 1 saturated heterocycles. The fourth-order valence-corrected chi connectivity index (χ4v) is 4.11. The van der Waals surface area contributed by atoms with Crippen LogP contribution in [0.2, 0.25) is 0 Å². The third-order valence-electron chi connectivity index (χ3n) is 5.87. The SMILES string of the molecule is C#CC(=O)N1CC(c2c[nH]n3c(C(N)=O)c(-c4ccc(Oc5ccccc5OC)cc4)nc23)C1. The number of nitrogens with two attached hydrogens (primary N) is 1. The number of benzene rings is 2. The maximum atomic E-state index is 12.3. The Hall–Kier alpha value is -4.71. The molecule has 2 aromatic carbocycles. The van der Waals surface area contributed by atoms with Crippen molar-refractivity contribution in [3.63, 3.8) is 0 Å². The molecule has 2 aromatic heterocycles. The molecule has 0 spiro atoms. The molecule has 34 heavy (non-hydrogen) atoms. The van der Waals surface area contributed by atoms with Crippen molar-refractivity contribution in [3.8, 4) is 40.8 Å². The maximum absolute atomic E-state index is 12.3. The Morgan fingerprint density at radius 1 is 1.15 bits per heavy atom. The van der Waals surface area contributed by atoms with Gasteiger partial charge in [-0.05, 0) is 42.3 Å². The molecule has 1 aliphatic rings. The minimum Gasteiger partial charge on any atom is -0.493 e. The molecular formula is C25H21N5O4. The number of likely N-dealkylation sites (tertiary alicyclic amines) is 1. The fourth-order valence-electron chi connectivity index (χ4n) is 4.11. The van der Waals surface area contributed by atoms with Gasteiger partial charge < -0.3 is 20.1 Å². The Morgan fingerprint density at radius 2 is 1.85 bits per heavy atom. The minimum absolute atomic E-state index is 0.0682. The van der Waals surface area contributed by atoms with Gasteiger partial charge in [-0.1, -0.05) is 12.1 Å². The second-order valence-corrected chi connectivity index (χ2v) is 7.89. The van der Waals surface area contributed by atoms with E-state index in [-0.39, 0.29) is 17.5 Å². The Kier molecular flexibility index (Phi) is 5.18. The molecular weight excluding hydrogens is 434 g/mol. The normalized spacial score (nSPS) is 13.4. The van der Waals surface area contributed by atoms with Gasteiger partial charge in [0.25, 0.3) is 11.8 Å². The molecule has 0 aliphatic carbocycles. The number of rotatable bonds is 6. The van der Waals surface area contributed by atoms with Crippen molar-refractivity contribution >= 4 is 17.5 Å². The number of primary amides is 1. The van der Waals surface area contributed by atoms with Crippen LogP contribution in [0.4, 0.5) is 0 Å². The molecule has 9 nitrogen and oxygen atoms in total. The molecule has 0 bridgehead atoms. The molecule has 1 fully saturated rings. The first kappa shape index (κ1) is 21.2. The van der Waals surface area contributed by atoms with Crippen molar-refractivity contribution in [1.82, 2.24) is 19.5 Å². The molecule has 0 atom stereocenters. The quantitative estimate of drug-likeness (QED) is 0.434. The summed E-state index contributed by atoms with van der Waals surface area (Å²) in [5, 5.41) is 3.06. The highest BCUT2D eigenvalue weighted by molar-refractivity contribution is 5.98. The zero-order valence-corrected chi connectivity index (χ0v) is 18.3. The number of nitrogens with zero attached hydrogens (tertiary/aromatic N) is 3. The second-order valence-electron chi connectivity index (χ2n) is 7.89. The lowest BCUT2D eigenvalue weighted by Gasteiger charge is -2.37. The number of hydrogen-bond acceptors (Lipinski definition) is 5. The smallest absolute Gasteiger partial charge is 0.298 e. The van der Waals surface area contributed by atoms with Crippen molar-refractivity contribution in [2.24, 2.45) is 5.73 Å². The summed E-state index contributed by atoms with van der Waals surface area (Å²) in [4.78, 5) is 30.3. The molecule has 4 aromatic rings. The van der Waals surface area contributed by atoms with Gasteiger partial charge in [-0.15, -0.1) is 6.42 Å². The van der Waals surface area contributed by atoms with Crippen LogP contribution in [0.25, 0.3) is 16.9 Å². The van der Waals surface area contributed by atoms with Crippen molar-refractivity contribution in [3.05, 3.63) is 66.0 Å². The van der Waals surface area contributed by atoms with Gasteiger partial charge in [0.05, 0.1) is 7.11 Å². The number of hydrogen-bond donors (Lipinski definition) is 2. The molecule has 9 heteroatoms. The Balaban J connectivity index is 1.45. The average molecular weight is 455 g/mol. The van der Waals surface area contributed by atoms with E-state index in [2.05, 4.69) is 11.0 Å². The predicted octanol–water partition coefficient (Wildman–Crippen LogP) is 2.79. The third-order valence-corrected chi connectivity index (χ3v) is 5.87. The topological polar surface area (TPSA) is 115 Å². The van der Waals surface area contributed by atoms with Gasteiger partial charge in [0.15, 0.2) is 22.8 Å². The fraction of sp³-hybridized carbons (Fsp3) is 0.160. The summed E-state index contributed by atoms with van der Waals surface area (Å²) in [6.07, 6.45) is 6.98. The zero-order chi connectivity index (χ0) is 23.8.